The number of rotatable bonds is 4. The predicted molar refractivity (Wildman–Crippen MR) is 130 cm³/mol. The second kappa shape index (κ2) is 9.37. The van der Waals surface area contributed by atoms with E-state index in [0.29, 0.717) is 18.7 Å². The van der Waals surface area contributed by atoms with E-state index in [1.807, 2.05) is 17.2 Å². The largest absolute Gasteiger partial charge is 0.465 e. The molecule has 1 fully saturated rings. The summed E-state index contributed by atoms with van der Waals surface area (Å²) in [5.74, 6) is 0.610. The molecule has 9 nitrogen and oxygen atoms in total. The molecule has 9 heteroatoms. The lowest BCUT2D eigenvalue weighted by atomic mass is 10.0. The molecule has 0 N–H and O–H groups in total. The Morgan fingerprint density at radius 1 is 1.12 bits per heavy atom. The molecular weight excluding hydrogens is 432 g/mol. The van der Waals surface area contributed by atoms with Crippen LogP contribution >= 0.6 is 0 Å². The van der Waals surface area contributed by atoms with Gasteiger partial charge in [-0.05, 0) is 46.8 Å². The standard InChI is InChI=1S/C25H36N6O3/c1-17-13-29(22-8-7-19(11-26-22)24(33)34-6)14-18(2)30(17)16-23(32)28-10-9-21-20(15-28)12-27-31(21)25(3,4)5/h7-8,11-12,17-18H,9-10,13-16H2,1-6H3. The monoisotopic (exact) mass is 468 g/mol. The summed E-state index contributed by atoms with van der Waals surface area (Å²) >= 11 is 0. The van der Waals surface area contributed by atoms with Crippen LogP contribution in [-0.2, 0) is 28.0 Å². The molecule has 2 aromatic rings. The lowest BCUT2D eigenvalue weighted by Gasteiger charge is -2.45. The fourth-order valence-electron chi connectivity index (χ4n) is 5.05. The Balaban J connectivity index is 1.37. The van der Waals surface area contributed by atoms with Gasteiger partial charge in [0.05, 0.1) is 31.0 Å². The zero-order valence-corrected chi connectivity index (χ0v) is 21.1. The highest BCUT2D eigenvalue weighted by Crippen LogP contribution is 2.26. The van der Waals surface area contributed by atoms with Gasteiger partial charge < -0.3 is 14.5 Å². The van der Waals surface area contributed by atoms with Crippen LogP contribution in [0.1, 0.15) is 56.2 Å². The Bertz CT molecular complexity index is 1030. The average molecular weight is 469 g/mol. The quantitative estimate of drug-likeness (QED) is 0.637. The molecule has 4 rings (SSSR count). The highest BCUT2D eigenvalue weighted by Gasteiger charge is 2.34. The van der Waals surface area contributed by atoms with E-state index in [-0.39, 0.29) is 29.5 Å². The van der Waals surface area contributed by atoms with Gasteiger partial charge in [-0.3, -0.25) is 14.4 Å². The molecule has 1 saturated heterocycles. The van der Waals surface area contributed by atoms with Gasteiger partial charge in [0.15, 0.2) is 0 Å². The third-order valence-electron chi connectivity index (χ3n) is 6.84. The molecule has 0 spiro atoms. The number of methoxy groups -OCH3 is 1. The highest BCUT2D eigenvalue weighted by atomic mass is 16.5. The van der Waals surface area contributed by atoms with Crippen molar-refractivity contribution in [3.05, 3.63) is 41.3 Å². The van der Waals surface area contributed by atoms with Crippen LogP contribution in [0, 0.1) is 0 Å². The van der Waals surface area contributed by atoms with Crippen molar-refractivity contribution in [3.63, 3.8) is 0 Å². The molecule has 1 amide bonds. The summed E-state index contributed by atoms with van der Waals surface area (Å²) in [5.41, 5.74) is 2.78. The third kappa shape index (κ3) is 4.80. The van der Waals surface area contributed by atoms with Crippen molar-refractivity contribution >= 4 is 17.7 Å². The number of ether oxygens (including phenoxy) is 1. The fourth-order valence-corrected chi connectivity index (χ4v) is 5.05. The van der Waals surface area contributed by atoms with Crippen molar-refractivity contribution in [3.8, 4) is 0 Å². The SMILES string of the molecule is COC(=O)c1ccc(N2CC(C)N(CC(=O)N3CCc4c(cnn4C(C)(C)C)C3)C(C)C2)nc1. The summed E-state index contributed by atoms with van der Waals surface area (Å²) in [5, 5.41) is 4.59. The summed E-state index contributed by atoms with van der Waals surface area (Å²) in [4.78, 5) is 35.8. The maximum Gasteiger partial charge on any atom is 0.339 e. The molecular formula is C25H36N6O3. The number of carbonyl (C=O) groups excluding carboxylic acids is 2. The molecule has 2 unspecified atom stereocenters. The minimum atomic E-state index is -0.389. The number of aromatic nitrogens is 3. The maximum atomic E-state index is 13.2. The van der Waals surface area contributed by atoms with Gasteiger partial charge in [-0.1, -0.05) is 0 Å². The van der Waals surface area contributed by atoms with Crippen molar-refractivity contribution in [2.24, 2.45) is 0 Å². The number of carbonyl (C=O) groups is 2. The van der Waals surface area contributed by atoms with Crippen LogP contribution in [0.5, 0.6) is 0 Å². The molecule has 0 bridgehead atoms. The second-order valence-electron chi connectivity index (χ2n) is 10.4. The molecule has 2 atom stereocenters. The van der Waals surface area contributed by atoms with Crippen molar-refractivity contribution in [2.75, 3.05) is 38.2 Å². The van der Waals surface area contributed by atoms with E-state index >= 15 is 0 Å². The Hall–Kier alpha value is -2.94. The van der Waals surface area contributed by atoms with Crippen LogP contribution in [-0.4, -0.2) is 81.8 Å². The van der Waals surface area contributed by atoms with E-state index in [0.717, 1.165) is 37.4 Å². The Labute approximate surface area is 201 Å². The van der Waals surface area contributed by atoms with E-state index in [1.54, 1.807) is 12.3 Å². The number of pyridine rings is 1. The molecule has 2 aliphatic rings. The summed E-state index contributed by atoms with van der Waals surface area (Å²) in [7, 11) is 1.36. The Morgan fingerprint density at radius 2 is 1.82 bits per heavy atom. The van der Waals surface area contributed by atoms with Crippen molar-refractivity contribution in [1.82, 2.24) is 24.6 Å². The number of hydrogen-bond acceptors (Lipinski definition) is 7. The molecule has 0 saturated carbocycles. The van der Waals surface area contributed by atoms with Crippen LogP contribution < -0.4 is 4.90 Å². The first-order valence-corrected chi connectivity index (χ1v) is 12.0. The number of hydrogen-bond donors (Lipinski definition) is 0. The number of fused-ring (bicyclic) bond motifs is 1. The van der Waals surface area contributed by atoms with E-state index in [1.165, 1.54) is 12.8 Å². The molecule has 0 radical (unpaired) electrons. The van der Waals surface area contributed by atoms with Gasteiger partial charge in [0.25, 0.3) is 0 Å². The molecule has 4 heterocycles. The van der Waals surface area contributed by atoms with Gasteiger partial charge in [-0.25, -0.2) is 9.78 Å². The molecule has 2 aromatic heterocycles. The lowest BCUT2D eigenvalue weighted by molar-refractivity contribution is -0.134. The first-order valence-electron chi connectivity index (χ1n) is 12.0. The Morgan fingerprint density at radius 3 is 2.41 bits per heavy atom. The van der Waals surface area contributed by atoms with Crippen molar-refractivity contribution in [1.29, 1.82) is 0 Å². The highest BCUT2D eigenvalue weighted by molar-refractivity contribution is 5.89. The molecule has 184 valence electrons. The zero-order valence-electron chi connectivity index (χ0n) is 21.1. The Kier molecular flexibility index (Phi) is 6.66. The van der Waals surface area contributed by atoms with E-state index in [2.05, 4.69) is 59.2 Å². The summed E-state index contributed by atoms with van der Waals surface area (Å²) in [6, 6.07) is 3.99. The van der Waals surface area contributed by atoms with Crippen LogP contribution in [0.25, 0.3) is 0 Å². The van der Waals surface area contributed by atoms with Gasteiger partial charge in [0, 0.05) is 62.1 Å². The minimum absolute atomic E-state index is 0.0568. The van der Waals surface area contributed by atoms with E-state index in [4.69, 9.17) is 4.74 Å². The zero-order chi connectivity index (χ0) is 24.6. The number of nitrogens with zero attached hydrogens (tertiary/aromatic N) is 6. The van der Waals surface area contributed by atoms with Gasteiger partial charge in [-0.2, -0.15) is 5.10 Å². The molecule has 0 aliphatic carbocycles. The number of esters is 1. The molecule has 0 aromatic carbocycles. The first kappa shape index (κ1) is 24.2. The number of amides is 1. The summed E-state index contributed by atoms with van der Waals surface area (Å²) < 4.78 is 6.85. The minimum Gasteiger partial charge on any atom is -0.465 e. The molecule has 34 heavy (non-hydrogen) atoms. The topological polar surface area (TPSA) is 83.8 Å². The third-order valence-corrected chi connectivity index (χ3v) is 6.84. The van der Waals surface area contributed by atoms with Crippen LogP contribution in [0.15, 0.2) is 24.5 Å². The maximum absolute atomic E-state index is 13.2. The first-order chi connectivity index (χ1) is 16.1. The predicted octanol–water partition coefficient (Wildman–Crippen LogP) is 2.30. The normalized spacial score (nSPS) is 21.4. The smallest absolute Gasteiger partial charge is 0.339 e. The van der Waals surface area contributed by atoms with Crippen LogP contribution in [0.4, 0.5) is 5.82 Å². The number of piperazine rings is 1. The fraction of sp³-hybridized carbons (Fsp3) is 0.600. The summed E-state index contributed by atoms with van der Waals surface area (Å²) in [6.45, 7) is 14.1. The average Bonchev–Trinajstić information content (AvgIpc) is 3.24. The summed E-state index contributed by atoms with van der Waals surface area (Å²) in [6.07, 6.45) is 4.31. The van der Waals surface area contributed by atoms with Gasteiger partial charge >= 0.3 is 5.97 Å². The van der Waals surface area contributed by atoms with Gasteiger partial charge in [-0.15, -0.1) is 0 Å². The van der Waals surface area contributed by atoms with Crippen LogP contribution in [0.2, 0.25) is 0 Å². The van der Waals surface area contributed by atoms with E-state index in [9.17, 15) is 9.59 Å². The lowest BCUT2D eigenvalue weighted by Crippen LogP contribution is -2.59. The molecule has 2 aliphatic heterocycles. The van der Waals surface area contributed by atoms with E-state index < -0.39 is 0 Å². The van der Waals surface area contributed by atoms with Gasteiger partial charge in [0.2, 0.25) is 5.91 Å². The van der Waals surface area contributed by atoms with Gasteiger partial charge in [0.1, 0.15) is 5.82 Å². The second-order valence-corrected chi connectivity index (χ2v) is 10.4. The van der Waals surface area contributed by atoms with Crippen molar-refractivity contribution in [2.45, 2.75) is 65.2 Å². The number of anilines is 1. The van der Waals surface area contributed by atoms with Crippen molar-refractivity contribution < 1.29 is 14.3 Å². The van der Waals surface area contributed by atoms with Crippen LogP contribution in [0.3, 0.4) is 0 Å².